The average Bonchev–Trinajstić information content (AvgIpc) is 2.53. The van der Waals surface area contributed by atoms with Gasteiger partial charge in [-0.2, -0.15) is 0 Å². The van der Waals surface area contributed by atoms with Crippen LogP contribution in [0.25, 0.3) is 0 Å². The molecule has 2 nitrogen and oxygen atoms in total. The Labute approximate surface area is 130 Å². The van der Waals surface area contributed by atoms with Gasteiger partial charge in [-0.15, -0.1) is 0 Å². The lowest BCUT2D eigenvalue weighted by Gasteiger charge is -2.42. The van der Waals surface area contributed by atoms with E-state index in [0.29, 0.717) is 5.41 Å². The molecule has 1 aliphatic heterocycles. The predicted molar refractivity (Wildman–Crippen MR) is 93.0 cm³/mol. The maximum atomic E-state index is 3.65. The quantitative estimate of drug-likeness (QED) is 0.759. The number of piperidine rings is 1. The molecular formula is C19H32N2. The number of unbranched alkanes of at least 4 members (excludes halogenated alkanes) is 1. The van der Waals surface area contributed by atoms with Gasteiger partial charge in [-0.05, 0) is 44.4 Å². The molecule has 0 radical (unpaired) electrons. The van der Waals surface area contributed by atoms with E-state index in [1.54, 1.807) is 0 Å². The van der Waals surface area contributed by atoms with Crippen molar-refractivity contribution in [2.45, 2.75) is 52.4 Å². The number of nitrogens with one attached hydrogen (secondary N) is 1. The molecule has 1 unspecified atom stereocenters. The molecular weight excluding hydrogens is 256 g/mol. The topological polar surface area (TPSA) is 15.3 Å². The summed E-state index contributed by atoms with van der Waals surface area (Å²) in [5.41, 5.74) is 1.86. The lowest BCUT2D eigenvalue weighted by molar-refractivity contribution is 0.194. The lowest BCUT2D eigenvalue weighted by Crippen LogP contribution is -2.48. The fraction of sp³-hybridized carbons (Fsp3) is 0.684. The molecule has 1 aliphatic rings. The van der Waals surface area contributed by atoms with Crippen LogP contribution in [0.4, 0.5) is 5.69 Å². The van der Waals surface area contributed by atoms with Crippen molar-refractivity contribution < 1.29 is 0 Å². The Hall–Kier alpha value is -1.02. The maximum absolute atomic E-state index is 3.65. The molecule has 1 heterocycles. The first-order valence-electron chi connectivity index (χ1n) is 8.80. The van der Waals surface area contributed by atoms with Crippen molar-refractivity contribution in [1.29, 1.82) is 0 Å². The van der Waals surface area contributed by atoms with Gasteiger partial charge in [-0.25, -0.2) is 0 Å². The van der Waals surface area contributed by atoms with Crippen molar-refractivity contribution in [3.63, 3.8) is 0 Å². The molecule has 21 heavy (non-hydrogen) atoms. The van der Waals surface area contributed by atoms with Crippen LogP contribution in [0.5, 0.6) is 0 Å². The first-order chi connectivity index (χ1) is 10.3. The molecule has 1 fully saturated rings. The molecule has 0 amide bonds. The summed E-state index contributed by atoms with van der Waals surface area (Å²) in [6, 6.07) is 11.0. The van der Waals surface area contributed by atoms with Gasteiger partial charge in [0, 0.05) is 30.7 Å². The van der Waals surface area contributed by atoms with Gasteiger partial charge in [0.15, 0.2) is 0 Å². The van der Waals surface area contributed by atoms with Gasteiger partial charge in [-0.1, -0.05) is 44.9 Å². The summed E-state index contributed by atoms with van der Waals surface area (Å²) in [6.45, 7) is 9.40. The summed E-state index contributed by atoms with van der Waals surface area (Å²) < 4.78 is 0. The van der Waals surface area contributed by atoms with Gasteiger partial charge in [-0.3, -0.25) is 0 Å². The largest absolute Gasteiger partial charge is 0.371 e. The van der Waals surface area contributed by atoms with Crippen molar-refractivity contribution in [2.24, 2.45) is 5.41 Å². The minimum absolute atomic E-state index is 0.469. The van der Waals surface area contributed by atoms with Gasteiger partial charge in [0.25, 0.3) is 0 Å². The SMILES string of the molecule is CCCCN(CC1(CCC)CCCNC1)c1ccccc1. The number of benzene rings is 1. The van der Waals surface area contributed by atoms with Gasteiger partial charge in [0.1, 0.15) is 0 Å². The predicted octanol–water partition coefficient (Wildman–Crippen LogP) is 4.46. The zero-order valence-corrected chi connectivity index (χ0v) is 13.9. The van der Waals surface area contributed by atoms with Crippen LogP contribution in [0.15, 0.2) is 30.3 Å². The number of hydrogen-bond donors (Lipinski definition) is 1. The summed E-state index contributed by atoms with van der Waals surface area (Å²) in [5, 5.41) is 3.65. The van der Waals surface area contributed by atoms with Crippen LogP contribution in [0.3, 0.4) is 0 Å². The highest BCUT2D eigenvalue weighted by molar-refractivity contribution is 5.46. The molecule has 0 spiro atoms. The Kier molecular flexibility index (Phi) is 6.56. The molecule has 0 bridgehead atoms. The van der Waals surface area contributed by atoms with E-state index in [9.17, 15) is 0 Å². The minimum atomic E-state index is 0.469. The monoisotopic (exact) mass is 288 g/mol. The average molecular weight is 288 g/mol. The number of anilines is 1. The molecule has 1 aromatic carbocycles. The molecule has 0 saturated carbocycles. The summed E-state index contributed by atoms with van der Waals surface area (Å²) in [5.74, 6) is 0. The first kappa shape index (κ1) is 16.4. The summed E-state index contributed by atoms with van der Waals surface area (Å²) >= 11 is 0. The van der Waals surface area contributed by atoms with Gasteiger partial charge < -0.3 is 10.2 Å². The van der Waals surface area contributed by atoms with E-state index in [0.717, 1.165) is 0 Å². The summed E-state index contributed by atoms with van der Waals surface area (Å²) in [6.07, 6.45) is 7.89. The molecule has 0 aromatic heterocycles. The fourth-order valence-electron chi connectivity index (χ4n) is 3.68. The Bertz CT molecular complexity index is 376. The molecule has 1 N–H and O–H groups in total. The zero-order chi connectivity index (χ0) is 15.0. The van der Waals surface area contributed by atoms with E-state index in [1.807, 2.05) is 0 Å². The first-order valence-corrected chi connectivity index (χ1v) is 8.80. The van der Waals surface area contributed by atoms with Gasteiger partial charge in [0.05, 0.1) is 0 Å². The van der Waals surface area contributed by atoms with E-state index in [2.05, 4.69) is 54.4 Å². The normalized spacial score (nSPS) is 22.2. The third-order valence-electron chi connectivity index (χ3n) is 4.77. The highest BCUT2D eigenvalue weighted by Gasteiger charge is 2.33. The molecule has 2 heteroatoms. The highest BCUT2D eigenvalue weighted by Crippen LogP contribution is 2.34. The van der Waals surface area contributed by atoms with Crippen LogP contribution in [-0.4, -0.2) is 26.2 Å². The van der Waals surface area contributed by atoms with E-state index in [1.165, 1.54) is 70.4 Å². The number of para-hydroxylation sites is 1. The molecule has 118 valence electrons. The van der Waals surface area contributed by atoms with Crippen LogP contribution in [-0.2, 0) is 0 Å². The van der Waals surface area contributed by atoms with E-state index in [4.69, 9.17) is 0 Å². The highest BCUT2D eigenvalue weighted by atomic mass is 15.1. The maximum Gasteiger partial charge on any atom is 0.0366 e. The van der Waals surface area contributed by atoms with Crippen molar-refractivity contribution in [3.8, 4) is 0 Å². The number of nitrogens with zero attached hydrogens (tertiary/aromatic N) is 1. The smallest absolute Gasteiger partial charge is 0.0366 e. The van der Waals surface area contributed by atoms with Crippen LogP contribution in [0, 0.1) is 5.41 Å². The molecule has 2 rings (SSSR count). The molecule has 1 atom stereocenters. The fourth-order valence-corrected chi connectivity index (χ4v) is 3.68. The molecule has 1 saturated heterocycles. The minimum Gasteiger partial charge on any atom is -0.371 e. The van der Waals surface area contributed by atoms with E-state index in [-0.39, 0.29) is 0 Å². The Morgan fingerprint density at radius 3 is 2.57 bits per heavy atom. The van der Waals surface area contributed by atoms with Crippen LogP contribution in [0.2, 0.25) is 0 Å². The van der Waals surface area contributed by atoms with E-state index < -0.39 is 0 Å². The van der Waals surface area contributed by atoms with Crippen LogP contribution < -0.4 is 10.2 Å². The second-order valence-electron chi connectivity index (χ2n) is 6.64. The summed E-state index contributed by atoms with van der Waals surface area (Å²) in [7, 11) is 0. The van der Waals surface area contributed by atoms with Crippen molar-refractivity contribution in [3.05, 3.63) is 30.3 Å². The van der Waals surface area contributed by atoms with Crippen molar-refractivity contribution in [1.82, 2.24) is 5.32 Å². The summed E-state index contributed by atoms with van der Waals surface area (Å²) in [4.78, 5) is 2.63. The van der Waals surface area contributed by atoms with E-state index >= 15 is 0 Å². The third-order valence-corrected chi connectivity index (χ3v) is 4.77. The number of rotatable bonds is 8. The van der Waals surface area contributed by atoms with Gasteiger partial charge >= 0.3 is 0 Å². The lowest BCUT2D eigenvalue weighted by atomic mass is 9.76. The van der Waals surface area contributed by atoms with Crippen molar-refractivity contribution >= 4 is 5.69 Å². The standard InChI is InChI=1S/C19H32N2/c1-3-5-15-21(18-10-7-6-8-11-18)17-19(12-4-2)13-9-14-20-16-19/h6-8,10-11,20H,3-5,9,12-17H2,1-2H3. The van der Waals surface area contributed by atoms with Crippen LogP contribution in [0.1, 0.15) is 52.4 Å². The number of hydrogen-bond acceptors (Lipinski definition) is 2. The van der Waals surface area contributed by atoms with Gasteiger partial charge in [0.2, 0.25) is 0 Å². The second-order valence-corrected chi connectivity index (χ2v) is 6.64. The Morgan fingerprint density at radius 2 is 1.95 bits per heavy atom. The molecule has 0 aliphatic carbocycles. The second kappa shape index (κ2) is 8.43. The molecule has 1 aromatic rings. The van der Waals surface area contributed by atoms with Crippen LogP contribution >= 0.6 is 0 Å². The van der Waals surface area contributed by atoms with Crippen molar-refractivity contribution in [2.75, 3.05) is 31.1 Å². The Morgan fingerprint density at radius 1 is 1.14 bits per heavy atom. The Balaban J connectivity index is 2.11. The zero-order valence-electron chi connectivity index (χ0n) is 13.9. The third kappa shape index (κ3) is 4.74.